The number of nitrogens with zero attached hydrogens (tertiary/aromatic N) is 4. The van der Waals surface area contributed by atoms with Crippen LogP contribution < -0.4 is 20.1 Å². The average Bonchev–Trinajstić information content (AvgIpc) is 2.83. The Balaban J connectivity index is 1.44. The summed E-state index contributed by atoms with van der Waals surface area (Å²) in [7, 11) is 2.73. The van der Waals surface area contributed by atoms with Gasteiger partial charge in [0.05, 0.1) is 14.2 Å². The summed E-state index contributed by atoms with van der Waals surface area (Å²) in [4.78, 5) is 24.7. The van der Waals surface area contributed by atoms with E-state index in [1.807, 2.05) is 4.90 Å². The van der Waals surface area contributed by atoms with Crippen LogP contribution in [0.3, 0.4) is 0 Å². The van der Waals surface area contributed by atoms with Gasteiger partial charge in [-0.05, 0) is 24.1 Å². The van der Waals surface area contributed by atoms with Crippen LogP contribution in [0.15, 0.2) is 24.3 Å². The van der Waals surface area contributed by atoms with Gasteiger partial charge in [-0.25, -0.2) is 18.2 Å². The second-order valence-corrected chi connectivity index (χ2v) is 7.83. The van der Waals surface area contributed by atoms with Crippen molar-refractivity contribution in [3.05, 3.63) is 47.3 Å². The fourth-order valence-electron chi connectivity index (χ4n) is 3.96. The predicted molar refractivity (Wildman–Crippen MR) is 120 cm³/mol. The summed E-state index contributed by atoms with van der Waals surface area (Å²) in [6, 6.07) is 4.85. The SMILES string of the molecule is COc1cc2c(N)nc(N3CCN(C(=O)CCc4ccc(F)cc4F)CC3)nc2c(F)c1OC. The van der Waals surface area contributed by atoms with Crippen molar-refractivity contribution in [2.24, 2.45) is 0 Å². The Bertz CT molecular complexity index is 1230. The lowest BCUT2D eigenvalue weighted by Gasteiger charge is -2.35. The van der Waals surface area contributed by atoms with E-state index < -0.39 is 17.5 Å². The fourth-order valence-corrected chi connectivity index (χ4v) is 3.96. The van der Waals surface area contributed by atoms with Gasteiger partial charge in [-0.2, -0.15) is 4.98 Å². The zero-order valence-electron chi connectivity index (χ0n) is 18.8. The van der Waals surface area contributed by atoms with Gasteiger partial charge < -0.3 is 25.0 Å². The van der Waals surface area contributed by atoms with Crippen molar-refractivity contribution in [3.8, 4) is 11.5 Å². The Kier molecular flexibility index (Phi) is 6.62. The molecule has 1 aliphatic heterocycles. The van der Waals surface area contributed by atoms with Crippen LogP contribution in [0.5, 0.6) is 11.5 Å². The van der Waals surface area contributed by atoms with E-state index in [2.05, 4.69) is 9.97 Å². The van der Waals surface area contributed by atoms with Crippen molar-refractivity contribution in [1.82, 2.24) is 14.9 Å². The van der Waals surface area contributed by atoms with Crippen LogP contribution in [0.2, 0.25) is 0 Å². The van der Waals surface area contributed by atoms with Crippen molar-refractivity contribution in [1.29, 1.82) is 0 Å². The largest absolute Gasteiger partial charge is 0.493 e. The quantitative estimate of drug-likeness (QED) is 0.586. The molecule has 0 spiro atoms. The number of hydrogen-bond donors (Lipinski definition) is 1. The maximum Gasteiger partial charge on any atom is 0.228 e. The predicted octanol–water partition coefficient (Wildman–Crippen LogP) is 2.93. The zero-order chi connectivity index (χ0) is 24.4. The number of fused-ring (bicyclic) bond motifs is 1. The number of amides is 1. The second kappa shape index (κ2) is 9.62. The normalized spacial score (nSPS) is 13.9. The van der Waals surface area contributed by atoms with Crippen LogP contribution >= 0.6 is 0 Å². The molecule has 180 valence electrons. The number of halogens is 3. The van der Waals surface area contributed by atoms with E-state index in [1.165, 1.54) is 32.4 Å². The highest BCUT2D eigenvalue weighted by Crippen LogP contribution is 2.37. The van der Waals surface area contributed by atoms with Gasteiger partial charge in [0.15, 0.2) is 17.3 Å². The molecule has 0 unspecified atom stereocenters. The van der Waals surface area contributed by atoms with Gasteiger partial charge in [0, 0.05) is 44.1 Å². The Morgan fingerprint density at radius 2 is 1.79 bits per heavy atom. The second-order valence-electron chi connectivity index (χ2n) is 7.83. The minimum atomic E-state index is -0.700. The number of aromatic nitrogens is 2. The topological polar surface area (TPSA) is 93.8 Å². The summed E-state index contributed by atoms with van der Waals surface area (Å²) < 4.78 is 52.1. The third-order valence-corrected chi connectivity index (χ3v) is 5.83. The Morgan fingerprint density at radius 1 is 1.06 bits per heavy atom. The molecule has 1 aliphatic rings. The number of aryl methyl sites for hydroxylation is 1. The minimum Gasteiger partial charge on any atom is -0.493 e. The number of anilines is 2. The van der Waals surface area contributed by atoms with E-state index in [0.29, 0.717) is 37.1 Å². The lowest BCUT2D eigenvalue weighted by molar-refractivity contribution is -0.131. The number of carbonyl (C=O) groups excluding carboxylic acids is 1. The molecule has 8 nitrogen and oxygen atoms in total. The molecule has 1 aromatic heterocycles. The van der Waals surface area contributed by atoms with E-state index in [4.69, 9.17) is 15.2 Å². The van der Waals surface area contributed by atoms with Crippen molar-refractivity contribution >= 4 is 28.6 Å². The van der Waals surface area contributed by atoms with Crippen LogP contribution in [0.25, 0.3) is 10.9 Å². The first kappa shape index (κ1) is 23.4. The number of nitrogen functional groups attached to an aromatic ring is 1. The first-order valence-corrected chi connectivity index (χ1v) is 10.7. The summed E-state index contributed by atoms with van der Waals surface area (Å²) in [5.41, 5.74) is 6.39. The molecular weight excluding hydrogens is 451 g/mol. The summed E-state index contributed by atoms with van der Waals surface area (Å²) in [5.74, 6) is -1.70. The zero-order valence-corrected chi connectivity index (χ0v) is 18.8. The first-order valence-electron chi connectivity index (χ1n) is 10.7. The highest BCUT2D eigenvalue weighted by Gasteiger charge is 2.25. The summed E-state index contributed by atoms with van der Waals surface area (Å²) in [6.07, 6.45) is 0.287. The number of piperazine rings is 1. The molecule has 1 saturated heterocycles. The number of nitrogens with two attached hydrogens (primary N) is 1. The highest BCUT2D eigenvalue weighted by molar-refractivity contribution is 5.92. The number of ether oxygens (including phenoxy) is 2. The molecule has 0 atom stereocenters. The third-order valence-electron chi connectivity index (χ3n) is 5.83. The van der Waals surface area contributed by atoms with Crippen molar-refractivity contribution in [2.45, 2.75) is 12.8 Å². The van der Waals surface area contributed by atoms with Crippen molar-refractivity contribution in [3.63, 3.8) is 0 Å². The van der Waals surface area contributed by atoms with Crippen LogP contribution in [0.4, 0.5) is 24.9 Å². The molecule has 1 amide bonds. The van der Waals surface area contributed by atoms with Gasteiger partial charge >= 0.3 is 0 Å². The van der Waals surface area contributed by atoms with Gasteiger partial charge in [0.25, 0.3) is 0 Å². The first-order chi connectivity index (χ1) is 16.3. The summed E-state index contributed by atoms with van der Waals surface area (Å²) in [5, 5.41) is 0.306. The molecule has 11 heteroatoms. The molecule has 2 aromatic carbocycles. The molecule has 0 aliphatic carbocycles. The minimum absolute atomic E-state index is 0.0139. The molecular formula is C23H24F3N5O3. The van der Waals surface area contributed by atoms with E-state index >= 15 is 4.39 Å². The Labute approximate surface area is 194 Å². The third kappa shape index (κ3) is 4.50. The van der Waals surface area contributed by atoms with Gasteiger partial charge in [0.1, 0.15) is 23.0 Å². The highest BCUT2D eigenvalue weighted by atomic mass is 19.1. The molecule has 1 fully saturated rings. The Morgan fingerprint density at radius 3 is 2.44 bits per heavy atom. The molecule has 4 rings (SSSR count). The number of rotatable bonds is 6. The van der Waals surface area contributed by atoms with E-state index in [0.717, 1.165) is 6.07 Å². The maximum atomic E-state index is 15.0. The van der Waals surface area contributed by atoms with Gasteiger partial charge in [0.2, 0.25) is 11.9 Å². The molecule has 3 aromatic rings. The lowest BCUT2D eigenvalue weighted by Crippen LogP contribution is -2.49. The van der Waals surface area contributed by atoms with Crippen LogP contribution in [-0.4, -0.2) is 61.2 Å². The maximum absolute atomic E-state index is 15.0. The van der Waals surface area contributed by atoms with Crippen molar-refractivity contribution < 1.29 is 27.4 Å². The smallest absolute Gasteiger partial charge is 0.228 e. The molecule has 2 N–H and O–H groups in total. The molecule has 34 heavy (non-hydrogen) atoms. The van der Waals surface area contributed by atoms with Crippen LogP contribution in [-0.2, 0) is 11.2 Å². The standard InChI is InChI=1S/C23H24F3N5O3/c1-33-17-12-15-20(19(26)21(17)34-2)28-23(29-22(15)27)31-9-7-30(8-10-31)18(32)6-4-13-3-5-14(24)11-16(13)25/h3,5,11-12H,4,6-10H2,1-2H3,(H2,27,28,29). The summed E-state index contributed by atoms with van der Waals surface area (Å²) in [6.45, 7) is 1.61. The van der Waals surface area contributed by atoms with Crippen molar-refractivity contribution in [2.75, 3.05) is 51.0 Å². The van der Waals surface area contributed by atoms with E-state index in [-0.39, 0.29) is 47.5 Å². The number of methoxy groups -OCH3 is 2. The molecule has 0 saturated carbocycles. The van der Waals surface area contributed by atoms with Gasteiger partial charge in [-0.3, -0.25) is 4.79 Å². The Hall–Kier alpha value is -3.76. The van der Waals surface area contributed by atoms with E-state index in [1.54, 1.807) is 4.90 Å². The lowest BCUT2D eigenvalue weighted by atomic mass is 10.1. The van der Waals surface area contributed by atoms with Gasteiger partial charge in [-0.1, -0.05) is 6.07 Å². The van der Waals surface area contributed by atoms with Crippen LogP contribution in [0, 0.1) is 17.5 Å². The van der Waals surface area contributed by atoms with Gasteiger partial charge in [-0.15, -0.1) is 0 Å². The molecule has 0 bridgehead atoms. The monoisotopic (exact) mass is 475 g/mol. The summed E-state index contributed by atoms with van der Waals surface area (Å²) >= 11 is 0. The molecule has 2 heterocycles. The average molecular weight is 475 g/mol. The number of benzene rings is 2. The van der Waals surface area contributed by atoms with Crippen LogP contribution in [0.1, 0.15) is 12.0 Å². The van der Waals surface area contributed by atoms with E-state index in [9.17, 15) is 13.6 Å². The number of carbonyl (C=O) groups is 1. The molecule has 0 radical (unpaired) electrons. The number of hydrogen-bond acceptors (Lipinski definition) is 7. The fraction of sp³-hybridized carbons (Fsp3) is 0.348.